The number of aromatic nitrogens is 2. The molecule has 0 spiro atoms. The number of nitrogens with one attached hydrogen (secondary N) is 1. The number of carbonyl (C=O) groups is 1. The number of piperidine rings is 2. The van der Waals surface area contributed by atoms with Gasteiger partial charge in [0, 0.05) is 42.5 Å². The number of benzene rings is 1. The summed E-state index contributed by atoms with van der Waals surface area (Å²) in [5.74, 6) is -0.891. The van der Waals surface area contributed by atoms with Crippen molar-refractivity contribution in [2.45, 2.75) is 37.5 Å². The van der Waals surface area contributed by atoms with E-state index >= 15 is 0 Å². The van der Waals surface area contributed by atoms with Crippen molar-refractivity contribution in [3.05, 3.63) is 40.4 Å². The summed E-state index contributed by atoms with van der Waals surface area (Å²) >= 11 is 12.3. The highest BCUT2D eigenvalue weighted by atomic mass is 35.5. The third kappa shape index (κ3) is 7.11. The summed E-state index contributed by atoms with van der Waals surface area (Å²) in [4.78, 5) is 25.0. The lowest BCUT2D eigenvalue weighted by Gasteiger charge is -2.45. The number of likely N-dealkylation sites (tertiary alicyclic amines) is 1. The zero-order valence-corrected chi connectivity index (χ0v) is 22.1. The Bertz CT molecular complexity index is 1060. The topological polar surface area (TPSA) is 115 Å². The number of nitrogen functional groups attached to an aromatic ring is 1. The number of hydrogen-bond acceptors (Lipinski definition) is 9. The molecule has 37 heavy (non-hydrogen) atoms. The number of ether oxygens (including phenoxy) is 3. The Kier molecular flexibility index (Phi) is 9.60. The van der Waals surface area contributed by atoms with Gasteiger partial charge < -0.3 is 35.1 Å². The molecule has 2 saturated heterocycles. The van der Waals surface area contributed by atoms with Crippen molar-refractivity contribution >= 4 is 46.4 Å². The number of hydrogen-bond donors (Lipinski definition) is 2. The quantitative estimate of drug-likeness (QED) is 0.336. The number of methoxy groups -OCH3 is 1. The largest absolute Gasteiger partial charge is 0.382 e. The lowest BCUT2D eigenvalue weighted by atomic mass is 9.96. The third-order valence-corrected chi connectivity index (χ3v) is 6.86. The molecule has 3 unspecified atom stereocenters. The van der Waals surface area contributed by atoms with Crippen LogP contribution in [-0.2, 0) is 19.0 Å². The minimum Gasteiger partial charge on any atom is -0.382 e. The van der Waals surface area contributed by atoms with E-state index in [-0.39, 0.29) is 36.5 Å². The van der Waals surface area contributed by atoms with Crippen LogP contribution in [0.4, 0.5) is 21.7 Å². The van der Waals surface area contributed by atoms with Gasteiger partial charge in [-0.05, 0) is 37.5 Å². The molecule has 2 fully saturated rings. The summed E-state index contributed by atoms with van der Waals surface area (Å²) in [6.07, 6.45) is 2.93. The van der Waals surface area contributed by atoms with Crippen LogP contribution in [0.2, 0.25) is 10.0 Å². The first kappa shape index (κ1) is 27.6. The molecule has 0 saturated carbocycles. The first-order chi connectivity index (χ1) is 17.9. The molecule has 3 N–H and O–H groups in total. The zero-order valence-electron chi connectivity index (χ0n) is 20.5. The Balaban J connectivity index is 1.50. The Hall–Kier alpha value is -2.44. The highest BCUT2D eigenvalue weighted by molar-refractivity contribution is 6.35. The molecule has 13 heteroatoms. The van der Waals surface area contributed by atoms with Crippen molar-refractivity contribution in [3.63, 3.8) is 0 Å². The molecular weight excluding hydrogens is 526 g/mol. The van der Waals surface area contributed by atoms with Gasteiger partial charge in [-0.3, -0.25) is 4.79 Å². The van der Waals surface area contributed by atoms with Crippen molar-refractivity contribution < 1.29 is 23.4 Å². The highest BCUT2D eigenvalue weighted by Crippen LogP contribution is 2.30. The van der Waals surface area contributed by atoms with Crippen molar-refractivity contribution in [1.82, 2.24) is 14.9 Å². The molecule has 0 bridgehead atoms. The molecule has 0 aliphatic carbocycles. The van der Waals surface area contributed by atoms with E-state index in [2.05, 4.69) is 15.3 Å². The zero-order chi connectivity index (χ0) is 26.4. The van der Waals surface area contributed by atoms with Crippen molar-refractivity contribution in [2.24, 2.45) is 0 Å². The van der Waals surface area contributed by atoms with Gasteiger partial charge in [0.05, 0.1) is 25.4 Å². The molecule has 3 atom stereocenters. The van der Waals surface area contributed by atoms with E-state index in [0.717, 1.165) is 6.42 Å². The predicted molar refractivity (Wildman–Crippen MR) is 139 cm³/mol. The lowest BCUT2D eigenvalue weighted by Crippen LogP contribution is -2.59. The van der Waals surface area contributed by atoms with Crippen LogP contribution in [0.25, 0.3) is 0 Å². The molecular formula is C24H31Cl2FN6O4. The van der Waals surface area contributed by atoms with E-state index in [1.54, 1.807) is 30.2 Å². The van der Waals surface area contributed by atoms with Crippen molar-refractivity contribution in [3.8, 4) is 0 Å². The fraction of sp³-hybridized carbons (Fsp3) is 0.542. The molecule has 2 aromatic rings. The average Bonchev–Trinajstić information content (AvgIpc) is 2.86. The summed E-state index contributed by atoms with van der Waals surface area (Å²) in [5, 5.41) is 4.24. The van der Waals surface area contributed by atoms with Crippen molar-refractivity contribution in [2.75, 3.05) is 62.7 Å². The van der Waals surface area contributed by atoms with Gasteiger partial charge in [0.15, 0.2) is 11.6 Å². The van der Waals surface area contributed by atoms with E-state index < -0.39 is 11.9 Å². The smallest absolute Gasteiger partial charge is 0.245 e. The minimum atomic E-state index is -0.694. The molecule has 1 amide bonds. The number of halogens is 3. The SMILES string of the molecule is COCCOCOC1CC(N2CCCC(Nc3cc(Cl)cc(Cl)c3)C2=O)CN(c2ncnc(N)c2F)C1. The minimum absolute atomic E-state index is 0.0491. The molecule has 3 heterocycles. The van der Waals surface area contributed by atoms with Gasteiger partial charge in [-0.25, -0.2) is 9.97 Å². The molecule has 1 aromatic carbocycles. The molecule has 4 rings (SSSR count). The van der Waals surface area contributed by atoms with Crippen LogP contribution in [0.5, 0.6) is 0 Å². The van der Waals surface area contributed by atoms with E-state index in [0.29, 0.717) is 61.4 Å². The predicted octanol–water partition coefficient (Wildman–Crippen LogP) is 3.19. The molecule has 202 valence electrons. The van der Waals surface area contributed by atoms with E-state index in [1.165, 1.54) is 6.33 Å². The normalized spacial score (nSPS) is 22.4. The lowest BCUT2D eigenvalue weighted by molar-refractivity contribution is -0.140. The number of nitrogens with two attached hydrogens (primary N) is 1. The molecule has 1 aromatic heterocycles. The van der Waals surface area contributed by atoms with E-state index in [4.69, 9.17) is 43.1 Å². The van der Waals surface area contributed by atoms with Crippen LogP contribution in [0.1, 0.15) is 19.3 Å². The Labute approximate surface area is 225 Å². The second kappa shape index (κ2) is 12.9. The molecule has 10 nitrogen and oxygen atoms in total. The maximum Gasteiger partial charge on any atom is 0.245 e. The van der Waals surface area contributed by atoms with Crippen LogP contribution >= 0.6 is 23.2 Å². The number of rotatable bonds is 10. The fourth-order valence-electron chi connectivity index (χ4n) is 4.72. The van der Waals surface area contributed by atoms with Gasteiger partial charge in [-0.1, -0.05) is 23.2 Å². The van der Waals surface area contributed by atoms with Gasteiger partial charge in [0.2, 0.25) is 11.7 Å². The van der Waals surface area contributed by atoms with Crippen LogP contribution in [0, 0.1) is 5.82 Å². The van der Waals surface area contributed by atoms with Crippen LogP contribution in [0.15, 0.2) is 24.5 Å². The van der Waals surface area contributed by atoms with Crippen LogP contribution in [0.3, 0.4) is 0 Å². The average molecular weight is 557 g/mol. The monoisotopic (exact) mass is 556 g/mol. The second-order valence-corrected chi connectivity index (χ2v) is 9.90. The maximum atomic E-state index is 14.8. The standard InChI is InChI=1S/C24H31Cl2FN6O4/c1-35-5-6-36-14-37-19-10-18(11-32(12-19)23-21(27)22(28)29-13-30-23)33-4-2-3-20(24(33)34)31-17-8-15(25)7-16(26)9-17/h7-9,13,18-20,31H,2-6,10-12,14H2,1H3,(H2,28,29,30). The second-order valence-electron chi connectivity index (χ2n) is 9.03. The third-order valence-electron chi connectivity index (χ3n) is 6.42. The summed E-state index contributed by atoms with van der Waals surface area (Å²) in [5.41, 5.74) is 6.37. The number of amides is 1. The molecule has 2 aliphatic rings. The number of nitrogens with zero attached hydrogens (tertiary/aromatic N) is 4. The van der Waals surface area contributed by atoms with Crippen LogP contribution in [-0.4, -0.2) is 85.7 Å². The summed E-state index contributed by atoms with van der Waals surface area (Å²) in [7, 11) is 1.59. The maximum absolute atomic E-state index is 14.8. The van der Waals surface area contributed by atoms with Crippen LogP contribution < -0.4 is 16.0 Å². The summed E-state index contributed by atoms with van der Waals surface area (Å²) < 4.78 is 31.2. The molecule has 2 aliphatic heterocycles. The first-order valence-corrected chi connectivity index (χ1v) is 12.8. The number of anilines is 3. The summed E-state index contributed by atoms with van der Waals surface area (Å²) in [6.45, 7) is 2.21. The van der Waals surface area contributed by atoms with Gasteiger partial charge in [-0.15, -0.1) is 0 Å². The van der Waals surface area contributed by atoms with Crippen molar-refractivity contribution in [1.29, 1.82) is 0 Å². The Morgan fingerprint density at radius 1 is 1.19 bits per heavy atom. The highest BCUT2D eigenvalue weighted by Gasteiger charge is 2.39. The van der Waals surface area contributed by atoms with Gasteiger partial charge >= 0.3 is 0 Å². The Morgan fingerprint density at radius 3 is 2.73 bits per heavy atom. The Morgan fingerprint density at radius 2 is 1.97 bits per heavy atom. The number of carbonyl (C=O) groups excluding carboxylic acids is 1. The van der Waals surface area contributed by atoms with Gasteiger partial charge in [0.1, 0.15) is 19.2 Å². The van der Waals surface area contributed by atoms with E-state index in [1.807, 2.05) is 4.90 Å². The van der Waals surface area contributed by atoms with Gasteiger partial charge in [-0.2, -0.15) is 4.39 Å². The van der Waals surface area contributed by atoms with Gasteiger partial charge in [0.25, 0.3) is 0 Å². The van der Waals surface area contributed by atoms with E-state index in [9.17, 15) is 9.18 Å². The fourth-order valence-corrected chi connectivity index (χ4v) is 5.25. The summed E-state index contributed by atoms with van der Waals surface area (Å²) in [6, 6.07) is 4.42. The molecule has 0 radical (unpaired) electrons. The first-order valence-electron chi connectivity index (χ1n) is 12.1.